The Morgan fingerprint density at radius 1 is 1.05 bits per heavy atom. The third-order valence-corrected chi connectivity index (χ3v) is 6.21. The molecule has 1 saturated heterocycles. The number of nitrogens with two attached hydrogens (primary N) is 1. The van der Waals surface area contributed by atoms with Gasteiger partial charge in [0.05, 0.1) is 24.7 Å². The number of carbonyl (C=O) groups excluding carboxylic acids is 4. The van der Waals surface area contributed by atoms with Gasteiger partial charge in [-0.1, -0.05) is 39.8 Å². The molecule has 3 N–H and O–H groups in total. The van der Waals surface area contributed by atoms with Crippen LogP contribution in [0.15, 0.2) is 24.3 Å². The molecule has 0 bridgehead atoms. The number of hydrogen-bond acceptors (Lipinski definition) is 10. The molecule has 0 aromatic heterocycles. The quantitative estimate of drug-likeness (QED) is 0.190. The smallest absolute Gasteiger partial charge is 0.446 e. The van der Waals surface area contributed by atoms with E-state index in [-0.39, 0.29) is 24.5 Å². The second-order valence-corrected chi connectivity index (χ2v) is 10.5. The number of hydrogen-bond donors (Lipinski definition) is 2. The average molecular weight is 621 g/mol. The summed E-state index contributed by atoms with van der Waals surface area (Å²) in [6.07, 6.45) is -6.22. The molecule has 4 unspecified atom stereocenters. The van der Waals surface area contributed by atoms with E-state index in [2.05, 4.69) is 5.32 Å². The maximum absolute atomic E-state index is 12.8. The van der Waals surface area contributed by atoms with E-state index in [1.54, 1.807) is 13.8 Å². The molecule has 1 fully saturated rings. The molecule has 14 heteroatoms. The van der Waals surface area contributed by atoms with Crippen molar-refractivity contribution in [2.24, 2.45) is 23.5 Å². The number of benzene rings is 1. The van der Waals surface area contributed by atoms with E-state index >= 15 is 0 Å². The monoisotopic (exact) mass is 620 g/mol. The predicted octanol–water partition coefficient (Wildman–Crippen LogP) is 3.56. The zero-order valence-electron chi connectivity index (χ0n) is 25.3. The van der Waals surface area contributed by atoms with Crippen LogP contribution in [0.4, 0.5) is 13.2 Å². The lowest BCUT2D eigenvalue weighted by atomic mass is 9.96. The van der Waals surface area contributed by atoms with E-state index < -0.39 is 54.6 Å². The summed E-state index contributed by atoms with van der Waals surface area (Å²) in [4.78, 5) is 46.5. The van der Waals surface area contributed by atoms with Crippen molar-refractivity contribution in [2.75, 3.05) is 19.8 Å². The fourth-order valence-electron chi connectivity index (χ4n) is 3.81. The lowest BCUT2D eigenvalue weighted by molar-refractivity contribution is -0.192. The van der Waals surface area contributed by atoms with E-state index in [1.807, 2.05) is 45.0 Å². The molecule has 43 heavy (non-hydrogen) atoms. The average Bonchev–Trinajstić information content (AvgIpc) is 2.94. The zero-order valence-corrected chi connectivity index (χ0v) is 25.3. The highest BCUT2D eigenvalue weighted by Crippen LogP contribution is 2.28. The molecule has 244 valence electrons. The van der Waals surface area contributed by atoms with Crippen LogP contribution in [0.3, 0.4) is 0 Å². The minimum atomic E-state index is -4.64. The number of nitrogens with one attached hydrogen (secondary N) is 1. The normalized spacial score (nSPS) is 18.8. The Hall–Kier alpha value is -3.39. The Bertz CT molecular complexity index is 1040. The molecule has 1 aromatic carbocycles. The molecule has 1 aliphatic rings. The van der Waals surface area contributed by atoms with Gasteiger partial charge in [-0.3, -0.25) is 14.4 Å². The van der Waals surface area contributed by atoms with Crippen LogP contribution in [0.25, 0.3) is 0 Å². The van der Waals surface area contributed by atoms with Crippen molar-refractivity contribution < 1.29 is 56.0 Å². The summed E-state index contributed by atoms with van der Waals surface area (Å²) in [6.45, 7) is 11.7. The molecule has 0 aliphatic carbocycles. The van der Waals surface area contributed by atoms with Gasteiger partial charge in [-0.05, 0) is 43.7 Å². The standard InChI is InChI=1S/C27H42N2O8.C2HF3O/c1-7-33-21-10-8-9-11-22(21)35-15-20-14-19(12-13-34-20)26(31)36-18(6)37-27(32)24(17(4)5)29-25(30)23(28)16(2)3;3-2(4,5)1-6/h8-11,16-20,23-24H,7,12-15,28H2,1-6H3,(H,29,30);1H/t18?,19?,20?,23-,24?;/m0./s1. The number of carbonyl (C=O) groups is 4. The highest BCUT2D eigenvalue weighted by Gasteiger charge is 2.33. The number of ether oxygens (including phenoxy) is 5. The van der Waals surface area contributed by atoms with Gasteiger partial charge in [0, 0.05) is 13.5 Å². The molecule has 0 radical (unpaired) electrons. The summed E-state index contributed by atoms with van der Waals surface area (Å²) in [5.41, 5.74) is 5.89. The Morgan fingerprint density at radius 2 is 1.63 bits per heavy atom. The van der Waals surface area contributed by atoms with E-state index in [4.69, 9.17) is 34.2 Å². The predicted molar refractivity (Wildman–Crippen MR) is 149 cm³/mol. The molecular formula is C29H43F3N2O9. The topological polar surface area (TPSA) is 152 Å². The van der Waals surface area contributed by atoms with Gasteiger partial charge in [-0.2, -0.15) is 13.2 Å². The van der Waals surface area contributed by atoms with Gasteiger partial charge >= 0.3 is 18.1 Å². The lowest BCUT2D eigenvalue weighted by Gasteiger charge is -2.29. The second kappa shape index (κ2) is 18.3. The number of aldehydes is 1. The van der Waals surface area contributed by atoms with E-state index in [9.17, 15) is 27.6 Å². The Kier molecular flexibility index (Phi) is 16.0. The summed E-state index contributed by atoms with van der Waals surface area (Å²) in [5, 5.41) is 2.65. The van der Waals surface area contributed by atoms with E-state index in [0.29, 0.717) is 37.6 Å². The van der Waals surface area contributed by atoms with Crippen LogP contribution in [0, 0.1) is 17.8 Å². The molecule has 0 spiro atoms. The summed E-state index contributed by atoms with van der Waals surface area (Å²) in [5.74, 6) is -1.10. The highest BCUT2D eigenvalue weighted by atomic mass is 19.4. The van der Waals surface area contributed by atoms with Crippen LogP contribution in [0.5, 0.6) is 11.5 Å². The number of rotatable bonds is 13. The van der Waals surface area contributed by atoms with E-state index in [0.717, 1.165) is 0 Å². The zero-order chi connectivity index (χ0) is 32.7. The van der Waals surface area contributed by atoms with Gasteiger partial charge in [0.25, 0.3) is 0 Å². The lowest BCUT2D eigenvalue weighted by Crippen LogP contribution is -2.53. The molecule has 1 aromatic rings. The first-order valence-electron chi connectivity index (χ1n) is 14.1. The van der Waals surface area contributed by atoms with Gasteiger partial charge < -0.3 is 34.7 Å². The molecule has 1 amide bonds. The highest BCUT2D eigenvalue weighted by molar-refractivity contribution is 5.87. The number of alkyl halides is 3. The Morgan fingerprint density at radius 3 is 2.14 bits per heavy atom. The van der Waals surface area contributed by atoms with Crippen molar-refractivity contribution in [3.63, 3.8) is 0 Å². The third kappa shape index (κ3) is 14.1. The Balaban J connectivity index is 0.00000139. The van der Waals surface area contributed by atoms with Gasteiger partial charge in [0.15, 0.2) is 11.5 Å². The fraction of sp³-hybridized carbons (Fsp3) is 0.655. The second-order valence-electron chi connectivity index (χ2n) is 10.5. The van der Waals surface area contributed by atoms with E-state index in [1.165, 1.54) is 6.92 Å². The molecular weight excluding hydrogens is 577 g/mol. The number of esters is 2. The van der Waals surface area contributed by atoms with Crippen LogP contribution in [0.1, 0.15) is 54.4 Å². The largest absolute Gasteiger partial charge is 0.490 e. The summed E-state index contributed by atoms with van der Waals surface area (Å²) >= 11 is 0. The van der Waals surface area contributed by atoms with Crippen molar-refractivity contribution in [1.82, 2.24) is 5.32 Å². The molecule has 1 heterocycles. The maximum atomic E-state index is 12.8. The summed E-state index contributed by atoms with van der Waals surface area (Å²) < 4.78 is 59.2. The van der Waals surface area contributed by atoms with Crippen LogP contribution >= 0.6 is 0 Å². The van der Waals surface area contributed by atoms with Gasteiger partial charge in [-0.25, -0.2) is 4.79 Å². The first kappa shape index (κ1) is 37.6. The number of amides is 1. The van der Waals surface area contributed by atoms with Crippen molar-refractivity contribution in [3.05, 3.63) is 24.3 Å². The molecule has 5 atom stereocenters. The van der Waals surface area contributed by atoms with Gasteiger partial charge in [0.1, 0.15) is 12.6 Å². The van der Waals surface area contributed by atoms with Gasteiger partial charge in [0.2, 0.25) is 18.5 Å². The van der Waals surface area contributed by atoms with Crippen molar-refractivity contribution in [1.29, 1.82) is 0 Å². The van der Waals surface area contributed by atoms with Crippen LogP contribution in [-0.2, 0) is 33.4 Å². The minimum absolute atomic E-state index is 0.0863. The van der Waals surface area contributed by atoms with Crippen LogP contribution < -0.4 is 20.5 Å². The number of para-hydroxylation sites is 2. The molecule has 0 saturated carbocycles. The third-order valence-electron chi connectivity index (χ3n) is 6.21. The summed E-state index contributed by atoms with van der Waals surface area (Å²) in [7, 11) is 0. The molecule has 1 aliphatic heterocycles. The van der Waals surface area contributed by atoms with Crippen molar-refractivity contribution in [2.45, 2.75) is 85.0 Å². The van der Waals surface area contributed by atoms with Gasteiger partial charge in [-0.15, -0.1) is 0 Å². The SMILES string of the molecule is CCOc1ccccc1OCC1CC(C(=O)OC(C)OC(=O)C(NC(=O)[C@@H](N)C(C)C)C(C)C)CCO1.O=CC(F)(F)F. The van der Waals surface area contributed by atoms with Crippen molar-refractivity contribution in [3.8, 4) is 11.5 Å². The maximum Gasteiger partial charge on any atom is 0.446 e. The summed E-state index contributed by atoms with van der Waals surface area (Å²) in [6, 6.07) is 5.71. The first-order chi connectivity index (χ1) is 20.1. The van der Waals surface area contributed by atoms with Crippen LogP contribution in [0.2, 0.25) is 0 Å². The fourth-order valence-corrected chi connectivity index (χ4v) is 3.81. The molecule has 2 rings (SSSR count). The minimum Gasteiger partial charge on any atom is -0.490 e. The first-order valence-corrected chi connectivity index (χ1v) is 14.1. The van der Waals surface area contributed by atoms with Crippen LogP contribution in [-0.4, -0.2) is 74.6 Å². The Labute approximate surface area is 249 Å². The van der Waals surface area contributed by atoms with Crippen molar-refractivity contribution >= 4 is 24.1 Å². The number of halogens is 3. The molecule has 11 nitrogen and oxygen atoms in total.